The lowest BCUT2D eigenvalue weighted by Crippen LogP contribution is -2.18. The van der Waals surface area contributed by atoms with Crippen molar-refractivity contribution in [2.45, 2.75) is 52.4 Å². The Kier molecular flexibility index (Phi) is 5.23. The van der Waals surface area contributed by atoms with Gasteiger partial charge < -0.3 is 15.9 Å². The Morgan fingerprint density at radius 2 is 1.33 bits per heavy atom. The van der Waals surface area contributed by atoms with Crippen LogP contribution in [0.3, 0.4) is 0 Å². The predicted molar refractivity (Wildman–Crippen MR) is 78.1 cm³/mol. The molecule has 0 atom stereocenters. The first kappa shape index (κ1) is 16.8. The number of rotatable bonds is 0. The van der Waals surface area contributed by atoms with E-state index in [0.29, 0.717) is 5.69 Å². The number of benzene rings is 1. The van der Waals surface area contributed by atoms with Crippen molar-refractivity contribution >= 4 is 5.69 Å². The molecule has 0 amide bonds. The van der Waals surface area contributed by atoms with E-state index in [9.17, 15) is 5.11 Å². The third-order valence-corrected chi connectivity index (χ3v) is 2.83. The fourth-order valence-corrected chi connectivity index (χ4v) is 1.69. The molecule has 0 saturated heterocycles. The molecule has 3 nitrogen and oxygen atoms in total. The molecule has 0 aliphatic heterocycles. The molecule has 1 rings (SSSR count). The summed E-state index contributed by atoms with van der Waals surface area (Å²) < 4.78 is 0. The van der Waals surface area contributed by atoms with Gasteiger partial charge in [0.2, 0.25) is 0 Å². The maximum Gasteiger partial charge on any atom is 0.139 e. The van der Waals surface area contributed by atoms with Crippen LogP contribution < -0.4 is 5.73 Å². The average Bonchev–Trinajstić information content (AvgIpc) is 2.21. The monoisotopic (exact) mass is 253 g/mol. The molecule has 4 N–H and O–H groups in total. The van der Waals surface area contributed by atoms with E-state index in [4.69, 9.17) is 10.8 Å². The highest BCUT2D eigenvalue weighted by atomic mass is 16.3. The average molecular weight is 253 g/mol. The van der Waals surface area contributed by atoms with Gasteiger partial charge >= 0.3 is 0 Å². The van der Waals surface area contributed by atoms with Gasteiger partial charge in [0, 0.05) is 7.11 Å². The van der Waals surface area contributed by atoms with Crippen molar-refractivity contribution in [3.05, 3.63) is 23.3 Å². The summed E-state index contributed by atoms with van der Waals surface area (Å²) in [5.74, 6) is 0.192. The summed E-state index contributed by atoms with van der Waals surface area (Å²) in [5.41, 5.74) is 8.52. The fraction of sp³-hybridized carbons (Fsp3) is 0.600. The first-order chi connectivity index (χ1) is 8.03. The van der Waals surface area contributed by atoms with Gasteiger partial charge in [-0.25, -0.2) is 0 Å². The SMILES string of the molecule is CC(C)(C)c1cc(O)c(N)c(C(C)(C)C)c1.CO. The number of aliphatic hydroxyl groups is 1. The van der Waals surface area contributed by atoms with Crippen LogP contribution in [-0.4, -0.2) is 17.3 Å². The number of hydrogen-bond donors (Lipinski definition) is 3. The fourth-order valence-electron chi connectivity index (χ4n) is 1.69. The third-order valence-electron chi connectivity index (χ3n) is 2.83. The maximum atomic E-state index is 9.88. The van der Waals surface area contributed by atoms with Crippen LogP contribution in [0.4, 0.5) is 5.69 Å². The lowest BCUT2D eigenvalue weighted by atomic mass is 9.79. The van der Waals surface area contributed by atoms with E-state index < -0.39 is 0 Å². The second-order valence-electron chi connectivity index (χ2n) is 6.46. The molecule has 0 fully saturated rings. The zero-order valence-electron chi connectivity index (χ0n) is 12.6. The number of aromatic hydroxyl groups is 1. The molecule has 0 aliphatic carbocycles. The molecule has 18 heavy (non-hydrogen) atoms. The van der Waals surface area contributed by atoms with Gasteiger partial charge in [-0.15, -0.1) is 0 Å². The molecule has 3 heteroatoms. The van der Waals surface area contributed by atoms with Crippen molar-refractivity contribution in [1.29, 1.82) is 0 Å². The molecule has 0 aliphatic rings. The summed E-state index contributed by atoms with van der Waals surface area (Å²) in [6.45, 7) is 12.7. The van der Waals surface area contributed by atoms with Gasteiger partial charge in [-0.1, -0.05) is 47.6 Å². The Balaban J connectivity index is 0.00000137. The molecule has 0 bridgehead atoms. The highest BCUT2D eigenvalue weighted by molar-refractivity contribution is 5.62. The number of anilines is 1. The summed E-state index contributed by atoms with van der Waals surface area (Å²) in [7, 11) is 1.00. The zero-order valence-corrected chi connectivity index (χ0v) is 12.6. The molecule has 0 spiro atoms. The molecule has 104 valence electrons. The van der Waals surface area contributed by atoms with E-state index in [1.54, 1.807) is 6.07 Å². The smallest absolute Gasteiger partial charge is 0.139 e. The van der Waals surface area contributed by atoms with Crippen LogP contribution in [0.2, 0.25) is 0 Å². The summed E-state index contributed by atoms with van der Waals surface area (Å²) in [6.07, 6.45) is 0. The van der Waals surface area contributed by atoms with Crippen LogP contribution in [0.15, 0.2) is 12.1 Å². The van der Waals surface area contributed by atoms with Gasteiger partial charge in [-0.05, 0) is 28.0 Å². The van der Waals surface area contributed by atoms with Gasteiger partial charge in [-0.3, -0.25) is 0 Å². The second kappa shape index (κ2) is 5.61. The Morgan fingerprint density at radius 1 is 0.889 bits per heavy atom. The minimum absolute atomic E-state index is 0.0190. The van der Waals surface area contributed by atoms with E-state index in [2.05, 4.69) is 47.6 Å². The molecular formula is C15H27NO2. The van der Waals surface area contributed by atoms with Crippen LogP contribution in [0, 0.1) is 0 Å². The van der Waals surface area contributed by atoms with Gasteiger partial charge in [0.1, 0.15) is 5.75 Å². The number of aliphatic hydroxyl groups excluding tert-OH is 1. The minimum atomic E-state index is -0.0528. The molecule has 0 unspecified atom stereocenters. The summed E-state index contributed by atoms with van der Waals surface area (Å²) in [5, 5.41) is 16.9. The molecule has 1 aromatic rings. The first-order valence-electron chi connectivity index (χ1n) is 6.11. The van der Waals surface area contributed by atoms with E-state index in [-0.39, 0.29) is 16.6 Å². The van der Waals surface area contributed by atoms with Gasteiger partial charge in [0.15, 0.2) is 0 Å². The van der Waals surface area contributed by atoms with Gasteiger partial charge in [-0.2, -0.15) is 0 Å². The first-order valence-corrected chi connectivity index (χ1v) is 6.11. The van der Waals surface area contributed by atoms with Crippen molar-refractivity contribution in [2.24, 2.45) is 0 Å². The quantitative estimate of drug-likeness (QED) is 0.491. The number of phenolic OH excluding ortho intramolecular Hbond substituents is 1. The lowest BCUT2D eigenvalue weighted by molar-refractivity contribution is 0.399. The van der Waals surface area contributed by atoms with Crippen LogP contribution >= 0.6 is 0 Å². The third kappa shape index (κ3) is 3.91. The van der Waals surface area contributed by atoms with E-state index in [0.717, 1.165) is 18.2 Å². The highest BCUT2D eigenvalue weighted by Crippen LogP contribution is 2.37. The van der Waals surface area contributed by atoms with Crippen molar-refractivity contribution in [3.63, 3.8) is 0 Å². The zero-order chi connectivity index (χ0) is 14.7. The van der Waals surface area contributed by atoms with E-state index in [1.807, 2.05) is 0 Å². The number of nitrogen functional groups attached to an aromatic ring is 1. The van der Waals surface area contributed by atoms with Gasteiger partial charge in [0.05, 0.1) is 5.69 Å². The summed E-state index contributed by atoms with van der Waals surface area (Å²) >= 11 is 0. The van der Waals surface area contributed by atoms with E-state index in [1.165, 1.54) is 0 Å². The molecular weight excluding hydrogens is 226 g/mol. The normalized spacial score (nSPS) is 11.8. The Morgan fingerprint density at radius 3 is 1.67 bits per heavy atom. The second-order valence-corrected chi connectivity index (χ2v) is 6.46. The minimum Gasteiger partial charge on any atom is -0.506 e. The standard InChI is InChI=1S/C14H23NO.CH4O/c1-13(2,3)9-7-10(14(4,5)6)12(15)11(16)8-9;1-2/h7-8,16H,15H2,1-6H3;2H,1H3. The lowest BCUT2D eigenvalue weighted by Gasteiger charge is -2.26. The van der Waals surface area contributed by atoms with Crippen LogP contribution in [0.5, 0.6) is 5.75 Å². The Bertz CT molecular complexity index is 398. The number of hydrogen-bond acceptors (Lipinski definition) is 3. The summed E-state index contributed by atoms with van der Waals surface area (Å²) in [6, 6.07) is 3.87. The van der Waals surface area contributed by atoms with Crippen molar-refractivity contribution < 1.29 is 10.2 Å². The molecule has 1 aromatic carbocycles. The van der Waals surface area contributed by atoms with Crippen molar-refractivity contribution in [1.82, 2.24) is 0 Å². The van der Waals surface area contributed by atoms with Crippen molar-refractivity contribution in [3.8, 4) is 5.75 Å². The number of phenols is 1. The molecule has 0 heterocycles. The molecule has 0 saturated carbocycles. The van der Waals surface area contributed by atoms with Crippen LogP contribution in [0.1, 0.15) is 52.7 Å². The topological polar surface area (TPSA) is 66.5 Å². The highest BCUT2D eigenvalue weighted by Gasteiger charge is 2.23. The Hall–Kier alpha value is -1.22. The van der Waals surface area contributed by atoms with Crippen LogP contribution in [-0.2, 0) is 10.8 Å². The van der Waals surface area contributed by atoms with Crippen LogP contribution in [0.25, 0.3) is 0 Å². The number of nitrogens with two attached hydrogens (primary N) is 1. The van der Waals surface area contributed by atoms with Gasteiger partial charge in [0.25, 0.3) is 0 Å². The largest absolute Gasteiger partial charge is 0.506 e. The molecule has 0 aromatic heterocycles. The van der Waals surface area contributed by atoms with E-state index >= 15 is 0 Å². The molecule has 0 radical (unpaired) electrons. The maximum absolute atomic E-state index is 9.88. The predicted octanol–water partition coefficient (Wildman–Crippen LogP) is 3.18. The van der Waals surface area contributed by atoms with Crippen molar-refractivity contribution in [2.75, 3.05) is 12.8 Å². The summed E-state index contributed by atoms with van der Waals surface area (Å²) in [4.78, 5) is 0. The Labute approximate surface area is 111 Å².